The van der Waals surface area contributed by atoms with Crippen molar-refractivity contribution in [2.75, 3.05) is 7.11 Å². The lowest BCUT2D eigenvalue weighted by Crippen LogP contribution is -2.50. The molecule has 0 aromatic heterocycles. The van der Waals surface area contributed by atoms with Crippen LogP contribution in [0.5, 0.6) is 0 Å². The highest BCUT2D eigenvalue weighted by atomic mass is 16.5. The Balaban J connectivity index is 2.33. The van der Waals surface area contributed by atoms with Gasteiger partial charge in [-0.15, -0.1) is 0 Å². The second-order valence-electron chi connectivity index (χ2n) is 3.05. The Labute approximate surface area is 66.7 Å². The Bertz CT molecular complexity index is 153. The Morgan fingerprint density at radius 3 is 2.55 bits per heavy atom. The van der Waals surface area contributed by atoms with E-state index in [1.165, 1.54) is 0 Å². The van der Waals surface area contributed by atoms with Crippen LogP contribution in [0.3, 0.4) is 0 Å². The first-order valence-corrected chi connectivity index (χ1v) is 3.86. The molecule has 0 aliphatic heterocycles. The summed E-state index contributed by atoms with van der Waals surface area (Å²) in [6, 6.07) is 0. The fraction of sp³-hybridized carbons (Fsp3) is 0.875. The van der Waals surface area contributed by atoms with Crippen LogP contribution < -0.4 is 0 Å². The zero-order valence-corrected chi connectivity index (χ0v) is 7.16. The third-order valence-electron chi connectivity index (χ3n) is 1.76. The van der Waals surface area contributed by atoms with Crippen molar-refractivity contribution in [2.24, 2.45) is 0 Å². The van der Waals surface area contributed by atoms with Crippen molar-refractivity contribution in [3.05, 3.63) is 0 Å². The van der Waals surface area contributed by atoms with Gasteiger partial charge in [-0.05, 0) is 13.8 Å². The minimum atomic E-state index is -0.308. The zero-order chi connectivity index (χ0) is 8.43. The summed E-state index contributed by atoms with van der Waals surface area (Å²) >= 11 is 0. The molecule has 0 saturated heterocycles. The fourth-order valence-corrected chi connectivity index (χ4v) is 1.22. The Hall–Kier alpha value is -0.410. The molecular formula is C8H14O3. The highest BCUT2D eigenvalue weighted by Crippen LogP contribution is 2.23. The number of Topliss-reactive ketones (excluding diaryl/α,β-unsaturated/α-hetero) is 1. The van der Waals surface area contributed by atoms with Crippen LogP contribution in [-0.4, -0.2) is 31.2 Å². The van der Waals surface area contributed by atoms with E-state index in [-0.39, 0.29) is 24.1 Å². The van der Waals surface area contributed by atoms with Crippen LogP contribution in [-0.2, 0) is 14.3 Å². The lowest BCUT2D eigenvalue weighted by molar-refractivity contribution is -0.166. The number of carbonyl (C=O) groups is 1. The molecule has 64 valence electrons. The highest BCUT2D eigenvalue weighted by Gasteiger charge is 2.41. The highest BCUT2D eigenvalue weighted by molar-refractivity contribution is 5.90. The van der Waals surface area contributed by atoms with Gasteiger partial charge in [0.1, 0.15) is 6.10 Å². The van der Waals surface area contributed by atoms with E-state index in [1.807, 2.05) is 13.8 Å². The molecular weight excluding hydrogens is 144 g/mol. The van der Waals surface area contributed by atoms with Crippen LogP contribution in [0.25, 0.3) is 0 Å². The predicted molar refractivity (Wildman–Crippen MR) is 40.4 cm³/mol. The maximum atomic E-state index is 10.8. The average molecular weight is 158 g/mol. The molecule has 1 aliphatic carbocycles. The third kappa shape index (κ3) is 1.79. The Morgan fingerprint density at radius 1 is 1.55 bits per heavy atom. The molecule has 2 atom stereocenters. The molecule has 0 N–H and O–H groups in total. The molecule has 0 radical (unpaired) electrons. The van der Waals surface area contributed by atoms with Crippen LogP contribution in [0.2, 0.25) is 0 Å². The van der Waals surface area contributed by atoms with E-state index in [4.69, 9.17) is 9.47 Å². The lowest BCUT2D eigenvalue weighted by Gasteiger charge is -2.34. The first-order chi connectivity index (χ1) is 5.15. The molecule has 3 nitrogen and oxygen atoms in total. The Kier molecular flexibility index (Phi) is 2.62. The number of rotatable bonds is 3. The summed E-state index contributed by atoms with van der Waals surface area (Å²) in [7, 11) is 1.54. The number of hydrogen-bond acceptors (Lipinski definition) is 3. The van der Waals surface area contributed by atoms with Crippen LogP contribution >= 0.6 is 0 Å². The topological polar surface area (TPSA) is 35.5 Å². The van der Waals surface area contributed by atoms with Gasteiger partial charge in [0.15, 0.2) is 5.78 Å². The molecule has 1 aliphatic rings. The van der Waals surface area contributed by atoms with E-state index in [2.05, 4.69) is 0 Å². The molecule has 0 bridgehead atoms. The summed E-state index contributed by atoms with van der Waals surface area (Å²) in [4.78, 5) is 10.8. The standard InChI is InChI=1S/C8H14O3/c1-5(2)11-7-4-6(9)8(7)10-3/h5,7-8H,4H2,1-3H3. The second kappa shape index (κ2) is 3.32. The van der Waals surface area contributed by atoms with Crippen molar-refractivity contribution in [1.29, 1.82) is 0 Å². The van der Waals surface area contributed by atoms with Gasteiger partial charge in [0.2, 0.25) is 0 Å². The number of hydrogen-bond donors (Lipinski definition) is 0. The molecule has 2 unspecified atom stereocenters. The number of methoxy groups -OCH3 is 1. The van der Waals surface area contributed by atoms with Crippen molar-refractivity contribution in [2.45, 2.75) is 38.6 Å². The van der Waals surface area contributed by atoms with Gasteiger partial charge in [-0.25, -0.2) is 0 Å². The Morgan fingerprint density at radius 2 is 2.18 bits per heavy atom. The van der Waals surface area contributed by atoms with Gasteiger partial charge in [0, 0.05) is 13.5 Å². The van der Waals surface area contributed by atoms with Crippen molar-refractivity contribution < 1.29 is 14.3 Å². The molecule has 0 amide bonds. The van der Waals surface area contributed by atoms with E-state index in [0.717, 1.165) is 0 Å². The summed E-state index contributed by atoms with van der Waals surface area (Å²) in [5.74, 6) is 0.151. The second-order valence-corrected chi connectivity index (χ2v) is 3.05. The zero-order valence-electron chi connectivity index (χ0n) is 7.16. The predicted octanol–water partition coefficient (Wildman–Crippen LogP) is 0.768. The molecule has 1 saturated carbocycles. The monoisotopic (exact) mass is 158 g/mol. The average Bonchev–Trinajstić information content (AvgIpc) is 1.86. The largest absolute Gasteiger partial charge is 0.372 e. The SMILES string of the molecule is COC1C(=O)CC1OC(C)C. The van der Waals surface area contributed by atoms with E-state index in [0.29, 0.717) is 6.42 Å². The van der Waals surface area contributed by atoms with Crippen molar-refractivity contribution in [1.82, 2.24) is 0 Å². The summed E-state index contributed by atoms with van der Waals surface area (Å²) < 4.78 is 10.4. The van der Waals surface area contributed by atoms with Crippen molar-refractivity contribution in [3.63, 3.8) is 0 Å². The summed E-state index contributed by atoms with van der Waals surface area (Å²) in [6.45, 7) is 3.91. The minimum absolute atomic E-state index is 0.00694. The quantitative estimate of drug-likeness (QED) is 0.608. The van der Waals surface area contributed by atoms with Crippen molar-refractivity contribution >= 4 is 5.78 Å². The summed E-state index contributed by atoms with van der Waals surface area (Å²) in [5, 5.41) is 0. The van der Waals surface area contributed by atoms with Gasteiger partial charge < -0.3 is 9.47 Å². The first-order valence-electron chi connectivity index (χ1n) is 3.86. The van der Waals surface area contributed by atoms with Gasteiger partial charge in [-0.1, -0.05) is 0 Å². The van der Waals surface area contributed by atoms with E-state index in [1.54, 1.807) is 7.11 Å². The first kappa shape index (κ1) is 8.68. The normalized spacial score (nSPS) is 30.7. The smallest absolute Gasteiger partial charge is 0.166 e. The van der Waals surface area contributed by atoms with Gasteiger partial charge in [0.25, 0.3) is 0 Å². The van der Waals surface area contributed by atoms with Gasteiger partial charge in [-0.2, -0.15) is 0 Å². The van der Waals surface area contributed by atoms with Gasteiger partial charge in [0.05, 0.1) is 12.2 Å². The molecule has 0 aromatic carbocycles. The number of ether oxygens (including phenoxy) is 2. The van der Waals surface area contributed by atoms with Gasteiger partial charge >= 0.3 is 0 Å². The molecule has 0 heterocycles. The maximum Gasteiger partial charge on any atom is 0.166 e. The van der Waals surface area contributed by atoms with Crippen molar-refractivity contribution in [3.8, 4) is 0 Å². The van der Waals surface area contributed by atoms with E-state index < -0.39 is 0 Å². The molecule has 0 aromatic rings. The fourth-order valence-electron chi connectivity index (χ4n) is 1.22. The van der Waals surface area contributed by atoms with Crippen LogP contribution in [0.4, 0.5) is 0 Å². The van der Waals surface area contributed by atoms with Crippen LogP contribution in [0.15, 0.2) is 0 Å². The van der Waals surface area contributed by atoms with Gasteiger partial charge in [-0.3, -0.25) is 4.79 Å². The molecule has 11 heavy (non-hydrogen) atoms. The number of ketones is 1. The molecule has 0 spiro atoms. The van der Waals surface area contributed by atoms with E-state index >= 15 is 0 Å². The summed E-state index contributed by atoms with van der Waals surface area (Å²) in [5.41, 5.74) is 0. The maximum absolute atomic E-state index is 10.8. The molecule has 1 rings (SSSR count). The number of carbonyl (C=O) groups excluding carboxylic acids is 1. The molecule has 3 heteroatoms. The summed E-state index contributed by atoms with van der Waals surface area (Å²) in [6.07, 6.45) is 0.368. The third-order valence-corrected chi connectivity index (χ3v) is 1.76. The van der Waals surface area contributed by atoms with Crippen LogP contribution in [0, 0.1) is 0 Å². The minimum Gasteiger partial charge on any atom is -0.372 e. The lowest BCUT2D eigenvalue weighted by atomic mass is 9.90. The molecule has 1 fully saturated rings. The van der Waals surface area contributed by atoms with Crippen LogP contribution in [0.1, 0.15) is 20.3 Å². The van der Waals surface area contributed by atoms with E-state index in [9.17, 15) is 4.79 Å².